The largest absolute Gasteiger partial charge is 0.497 e. The van der Waals surface area contributed by atoms with Crippen molar-refractivity contribution >= 4 is 6.03 Å². The van der Waals surface area contributed by atoms with E-state index < -0.39 is 0 Å². The molecule has 1 saturated heterocycles. The number of carbonyl (C=O) groups excluding carboxylic acids is 1. The molecule has 0 saturated carbocycles. The van der Waals surface area contributed by atoms with Crippen molar-refractivity contribution in [3.8, 4) is 5.75 Å². The molecule has 5 nitrogen and oxygen atoms in total. The molecule has 0 spiro atoms. The number of carbonyl (C=O) groups is 1. The lowest BCUT2D eigenvalue weighted by Gasteiger charge is -2.17. The van der Waals surface area contributed by atoms with E-state index in [9.17, 15) is 4.79 Å². The van der Waals surface area contributed by atoms with Gasteiger partial charge in [-0.3, -0.25) is 4.90 Å². The van der Waals surface area contributed by atoms with Crippen molar-refractivity contribution in [1.29, 1.82) is 0 Å². The first-order valence-corrected chi connectivity index (χ1v) is 8.66. The Kier molecular flexibility index (Phi) is 5.90. The Hall–Kier alpha value is -2.53. The van der Waals surface area contributed by atoms with Crippen LogP contribution in [0.3, 0.4) is 0 Å². The summed E-state index contributed by atoms with van der Waals surface area (Å²) < 4.78 is 5.13. The van der Waals surface area contributed by atoms with Gasteiger partial charge in [-0.25, -0.2) is 4.79 Å². The molecule has 1 aliphatic rings. The Balaban J connectivity index is 1.39. The number of nitrogens with one attached hydrogen (secondary N) is 2. The van der Waals surface area contributed by atoms with E-state index in [1.54, 1.807) is 7.11 Å². The number of amides is 2. The van der Waals surface area contributed by atoms with Gasteiger partial charge in [0.15, 0.2) is 0 Å². The second-order valence-electron chi connectivity index (χ2n) is 6.38. The standard InChI is InChI=1S/C20H25N3O2/c1-25-19-9-7-16(8-10-19)13-21-20(24)22-18-11-12-23(15-18)14-17-5-3-2-4-6-17/h2-10,18H,11-15H2,1H3,(H2,21,22,24). The van der Waals surface area contributed by atoms with E-state index in [0.29, 0.717) is 6.54 Å². The number of benzene rings is 2. The van der Waals surface area contributed by atoms with E-state index in [0.717, 1.165) is 37.4 Å². The molecular weight excluding hydrogens is 314 g/mol. The van der Waals surface area contributed by atoms with Gasteiger partial charge in [-0.2, -0.15) is 0 Å². The van der Waals surface area contributed by atoms with Crippen molar-refractivity contribution < 1.29 is 9.53 Å². The van der Waals surface area contributed by atoms with E-state index in [-0.39, 0.29) is 12.1 Å². The van der Waals surface area contributed by atoms with Gasteiger partial charge in [0.05, 0.1) is 7.11 Å². The second kappa shape index (κ2) is 8.53. The molecule has 2 aromatic carbocycles. The fraction of sp³-hybridized carbons (Fsp3) is 0.350. The van der Waals surface area contributed by atoms with Gasteiger partial charge in [0.25, 0.3) is 0 Å². The fourth-order valence-corrected chi connectivity index (χ4v) is 3.10. The van der Waals surface area contributed by atoms with Gasteiger partial charge < -0.3 is 15.4 Å². The first-order valence-electron chi connectivity index (χ1n) is 8.66. The minimum absolute atomic E-state index is 0.109. The third-order valence-electron chi connectivity index (χ3n) is 4.47. The molecule has 2 aromatic rings. The molecule has 3 rings (SSSR count). The van der Waals surface area contributed by atoms with Gasteiger partial charge in [-0.1, -0.05) is 42.5 Å². The maximum atomic E-state index is 12.1. The monoisotopic (exact) mass is 339 g/mol. The highest BCUT2D eigenvalue weighted by atomic mass is 16.5. The van der Waals surface area contributed by atoms with Crippen molar-refractivity contribution in [3.63, 3.8) is 0 Å². The van der Waals surface area contributed by atoms with Crippen molar-refractivity contribution in [2.24, 2.45) is 0 Å². The van der Waals surface area contributed by atoms with Gasteiger partial charge in [-0.15, -0.1) is 0 Å². The summed E-state index contributed by atoms with van der Waals surface area (Å²) >= 11 is 0. The van der Waals surface area contributed by atoms with Crippen LogP contribution in [0.15, 0.2) is 54.6 Å². The van der Waals surface area contributed by atoms with Crippen LogP contribution < -0.4 is 15.4 Å². The summed E-state index contributed by atoms with van der Waals surface area (Å²) in [5, 5.41) is 5.99. The predicted molar refractivity (Wildman–Crippen MR) is 98.5 cm³/mol. The molecule has 2 N–H and O–H groups in total. The molecule has 1 fully saturated rings. The molecule has 1 aliphatic heterocycles. The summed E-state index contributed by atoms with van der Waals surface area (Å²) in [5.41, 5.74) is 2.36. The van der Waals surface area contributed by atoms with Gasteiger partial charge >= 0.3 is 6.03 Å². The Bertz CT molecular complexity index is 673. The summed E-state index contributed by atoms with van der Waals surface area (Å²) in [5.74, 6) is 0.817. The van der Waals surface area contributed by atoms with E-state index >= 15 is 0 Å². The first kappa shape index (κ1) is 17.3. The smallest absolute Gasteiger partial charge is 0.315 e. The average Bonchev–Trinajstić information content (AvgIpc) is 3.08. The predicted octanol–water partition coefficient (Wildman–Crippen LogP) is 2.77. The summed E-state index contributed by atoms with van der Waals surface area (Å²) in [4.78, 5) is 14.5. The van der Waals surface area contributed by atoms with Gasteiger partial charge in [-0.05, 0) is 29.7 Å². The molecule has 1 heterocycles. The number of nitrogens with zero attached hydrogens (tertiary/aromatic N) is 1. The average molecular weight is 339 g/mol. The van der Waals surface area contributed by atoms with Crippen molar-refractivity contribution in [3.05, 3.63) is 65.7 Å². The number of hydrogen-bond acceptors (Lipinski definition) is 3. The second-order valence-corrected chi connectivity index (χ2v) is 6.38. The number of ether oxygens (including phenoxy) is 1. The molecule has 0 bridgehead atoms. The van der Waals surface area contributed by atoms with E-state index in [1.165, 1.54) is 5.56 Å². The van der Waals surface area contributed by atoms with Crippen LogP contribution in [0, 0.1) is 0 Å². The Labute approximate surface area is 149 Å². The number of hydrogen-bond donors (Lipinski definition) is 2. The lowest BCUT2D eigenvalue weighted by molar-refractivity contribution is 0.235. The third-order valence-corrected chi connectivity index (χ3v) is 4.47. The molecule has 0 aromatic heterocycles. The first-order chi connectivity index (χ1) is 12.2. The molecule has 25 heavy (non-hydrogen) atoms. The van der Waals surface area contributed by atoms with Crippen LogP contribution in [0.4, 0.5) is 4.79 Å². The minimum atomic E-state index is -0.109. The molecule has 0 radical (unpaired) electrons. The van der Waals surface area contributed by atoms with Crippen LogP contribution in [0.1, 0.15) is 17.5 Å². The number of urea groups is 1. The number of rotatable bonds is 6. The maximum Gasteiger partial charge on any atom is 0.315 e. The quantitative estimate of drug-likeness (QED) is 0.851. The van der Waals surface area contributed by atoms with Crippen LogP contribution in [0.2, 0.25) is 0 Å². The van der Waals surface area contributed by atoms with Gasteiger partial charge in [0, 0.05) is 32.2 Å². The Morgan fingerprint density at radius 3 is 2.60 bits per heavy atom. The molecule has 5 heteroatoms. The number of likely N-dealkylation sites (tertiary alicyclic amines) is 1. The lowest BCUT2D eigenvalue weighted by Crippen LogP contribution is -2.43. The van der Waals surface area contributed by atoms with Crippen LogP contribution >= 0.6 is 0 Å². The van der Waals surface area contributed by atoms with Gasteiger partial charge in [0.1, 0.15) is 5.75 Å². The highest BCUT2D eigenvalue weighted by molar-refractivity contribution is 5.74. The van der Waals surface area contributed by atoms with Crippen molar-refractivity contribution in [1.82, 2.24) is 15.5 Å². The molecule has 0 aliphatic carbocycles. The summed E-state index contributed by atoms with van der Waals surface area (Å²) in [6, 6.07) is 18.2. The fourth-order valence-electron chi connectivity index (χ4n) is 3.10. The summed E-state index contributed by atoms with van der Waals surface area (Å²) in [7, 11) is 1.64. The zero-order valence-corrected chi connectivity index (χ0v) is 14.6. The third kappa shape index (κ3) is 5.22. The van der Waals surface area contributed by atoms with E-state index in [2.05, 4.69) is 39.8 Å². The summed E-state index contributed by atoms with van der Waals surface area (Å²) in [6.45, 7) is 3.35. The van der Waals surface area contributed by atoms with Crippen LogP contribution in [0.5, 0.6) is 5.75 Å². The number of methoxy groups -OCH3 is 1. The van der Waals surface area contributed by atoms with E-state index in [4.69, 9.17) is 4.74 Å². The van der Waals surface area contributed by atoms with Crippen LogP contribution in [-0.4, -0.2) is 37.2 Å². The van der Waals surface area contributed by atoms with Crippen molar-refractivity contribution in [2.75, 3.05) is 20.2 Å². The zero-order valence-electron chi connectivity index (χ0n) is 14.6. The highest BCUT2D eigenvalue weighted by Gasteiger charge is 2.23. The topological polar surface area (TPSA) is 53.6 Å². The minimum Gasteiger partial charge on any atom is -0.497 e. The van der Waals surface area contributed by atoms with Crippen LogP contribution in [0.25, 0.3) is 0 Å². The molecule has 132 valence electrons. The Morgan fingerprint density at radius 2 is 1.88 bits per heavy atom. The van der Waals surface area contributed by atoms with Crippen LogP contribution in [-0.2, 0) is 13.1 Å². The molecule has 1 unspecified atom stereocenters. The maximum absolute atomic E-state index is 12.1. The highest BCUT2D eigenvalue weighted by Crippen LogP contribution is 2.14. The molecule has 1 atom stereocenters. The molecular formula is C20H25N3O2. The molecule has 2 amide bonds. The SMILES string of the molecule is COc1ccc(CNC(=O)NC2CCN(Cc3ccccc3)C2)cc1. The Morgan fingerprint density at radius 1 is 1.12 bits per heavy atom. The lowest BCUT2D eigenvalue weighted by atomic mass is 10.2. The van der Waals surface area contributed by atoms with Crippen molar-refractivity contribution in [2.45, 2.75) is 25.6 Å². The normalized spacial score (nSPS) is 17.2. The van der Waals surface area contributed by atoms with E-state index in [1.807, 2.05) is 30.3 Å². The zero-order chi connectivity index (χ0) is 17.5. The summed E-state index contributed by atoms with van der Waals surface area (Å²) in [6.07, 6.45) is 0.989. The van der Waals surface area contributed by atoms with Gasteiger partial charge in [0.2, 0.25) is 0 Å².